The molecule has 7 heteroatoms. The Hall–Kier alpha value is -2.57. The molecule has 4 rings (SSSR count). The van der Waals surface area contributed by atoms with E-state index in [1.165, 1.54) is 6.42 Å². The predicted octanol–water partition coefficient (Wildman–Crippen LogP) is 2.15. The van der Waals surface area contributed by atoms with Crippen molar-refractivity contribution in [1.82, 2.24) is 10.2 Å². The largest absolute Gasteiger partial charge is 0.358 e. The first-order chi connectivity index (χ1) is 14.1. The molecule has 3 heterocycles. The van der Waals surface area contributed by atoms with Crippen LogP contribution in [-0.2, 0) is 9.59 Å². The molecule has 3 aliphatic rings. The van der Waals surface area contributed by atoms with E-state index in [0.717, 1.165) is 57.4 Å². The number of likely N-dealkylation sites (N-methyl/N-ethyl adjacent to an activating group) is 1. The second-order valence-corrected chi connectivity index (χ2v) is 8.14. The third-order valence-electron chi connectivity index (χ3n) is 6.20. The summed E-state index contributed by atoms with van der Waals surface area (Å²) in [5.41, 5.74) is 2.23. The first-order valence-corrected chi connectivity index (χ1v) is 10.9. The van der Waals surface area contributed by atoms with Gasteiger partial charge in [-0.15, -0.1) is 0 Å². The van der Waals surface area contributed by atoms with E-state index in [1.54, 1.807) is 4.90 Å². The zero-order valence-electron chi connectivity index (χ0n) is 17.2. The molecule has 0 spiro atoms. The number of amides is 3. The fourth-order valence-electron chi connectivity index (χ4n) is 4.73. The van der Waals surface area contributed by atoms with Crippen LogP contribution in [0.5, 0.6) is 0 Å². The highest BCUT2D eigenvalue weighted by Crippen LogP contribution is 2.40. The molecule has 3 amide bonds. The van der Waals surface area contributed by atoms with Gasteiger partial charge in [0.2, 0.25) is 11.8 Å². The average molecular weight is 399 g/mol. The zero-order valence-corrected chi connectivity index (χ0v) is 17.2. The van der Waals surface area contributed by atoms with Crippen molar-refractivity contribution in [2.24, 2.45) is 0 Å². The molecule has 1 aromatic rings. The Kier molecular flexibility index (Phi) is 5.74. The van der Waals surface area contributed by atoms with Crippen LogP contribution < -0.4 is 15.1 Å². The summed E-state index contributed by atoms with van der Waals surface area (Å²) in [6, 6.07) is 5.44. The van der Waals surface area contributed by atoms with E-state index in [9.17, 15) is 14.4 Å². The summed E-state index contributed by atoms with van der Waals surface area (Å²) < 4.78 is 0. The molecule has 1 atom stereocenters. The molecule has 1 unspecified atom stereocenters. The van der Waals surface area contributed by atoms with Gasteiger partial charge < -0.3 is 15.1 Å². The number of carbonyl (C=O) groups is 3. The van der Waals surface area contributed by atoms with E-state index in [4.69, 9.17) is 0 Å². The third kappa shape index (κ3) is 3.82. The number of likely N-dealkylation sites (tertiary alicyclic amines) is 1. The minimum Gasteiger partial charge on any atom is -0.358 e. The van der Waals surface area contributed by atoms with Crippen LogP contribution in [0.15, 0.2) is 18.2 Å². The Morgan fingerprint density at radius 3 is 2.55 bits per heavy atom. The van der Waals surface area contributed by atoms with Crippen molar-refractivity contribution in [3.05, 3.63) is 23.8 Å². The predicted molar refractivity (Wildman–Crippen MR) is 112 cm³/mol. The van der Waals surface area contributed by atoms with E-state index in [-0.39, 0.29) is 30.3 Å². The Morgan fingerprint density at radius 2 is 1.79 bits per heavy atom. The van der Waals surface area contributed by atoms with Crippen LogP contribution in [0.3, 0.4) is 0 Å². The number of rotatable bonds is 4. The molecule has 29 heavy (non-hydrogen) atoms. The summed E-state index contributed by atoms with van der Waals surface area (Å²) in [5, 5.41) is 2.78. The zero-order chi connectivity index (χ0) is 20.4. The Bertz CT molecular complexity index is 803. The van der Waals surface area contributed by atoms with Gasteiger partial charge in [-0.2, -0.15) is 0 Å². The monoisotopic (exact) mass is 398 g/mol. The normalized spacial score (nSPS) is 21.5. The molecule has 3 aliphatic heterocycles. The molecule has 1 aromatic carbocycles. The van der Waals surface area contributed by atoms with Gasteiger partial charge in [-0.3, -0.25) is 19.3 Å². The molecule has 0 aromatic heterocycles. The summed E-state index contributed by atoms with van der Waals surface area (Å²) in [6.45, 7) is 4.78. The van der Waals surface area contributed by atoms with Crippen molar-refractivity contribution < 1.29 is 14.4 Å². The Labute approximate surface area is 172 Å². The lowest BCUT2D eigenvalue weighted by Crippen LogP contribution is -2.57. The van der Waals surface area contributed by atoms with Crippen molar-refractivity contribution in [3.63, 3.8) is 0 Å². The van der Waals surface area contributed by atoms with Crippen LogP contribution in [0, 0.1) is 0 Å². The van der Waals surface area contributed by atoms with Gasteiger partial charge in [-0.05, 0) is 63.6 Å². The second kappa shape index (κ2) is 8.43. The smallest absolute Gasteiger partial charge is 0.253 e. The molecule has 2 fully saturated rings. The first kappa shape index (κ1) is 19.7. The van der Waals surface area contributed by atoms with Crippen LogP contribution in [-0.4, -0.2) is 61.4 Å². The van der Waals surface area contributed by atoms with E-state index >= 15 is 0 Å². The van der Waals surface area contributed by atoms with Crippen molar-refractivity contribution in [3.8, 4) is 0 Å². The molecule has 0 aliphatic carbocycles. The van der Waals surface area contributed by atoms with E-state index in [2.05, 4.69) is 10.2 Å². The third-order valence-corrected chi connectivity index (χ3v) is 6.20. The Balaban J connectivity index is 1.69. The molecule has 0 bridgehead atoms. The number of nitrogens with zero attached hydrogens (tertiary/aromatic N) is 3. The number of hydrogen-bond acceptors (Lipinski definition) is 4. The number of nitrogens with one attached hydrogen (secondary N) is 1. The van der Waals surface area contributed by atoms with E-state index in [1.807, 2.05) is 30.0 Å². The van der Waals surface area contributed by atoms with E-state index in [0.29, 0.717) is 17.8 Å². The molecule has 1 N–H and O–H groups in total. The van der Waals surface area contributed by atoms with Gasteiger partial charge in [-0.1, -0.05) is 0 Å². The molecule has 0 radical (unpaired) electrons. The van der Waals surface area contributed by atoms with Crippen molar-refractivity contribution >= 4 is 29.1 Å². The fourth-order valence-corrected chi connectivity index (χ4v) is 4.73. The lowest BCUT2D eigenvalue weighted by molar-refractivity contribution is -0.124. The highest BCUT2D eigenvalue weighted by molar-refractivity contribution is 6.09. The highest BCUT2D eigenvalue weighted by Gasteiger charge is 2.40. The fraction of sp³-hybridized carbons (Fsp3) is 0.591. The topological polar surface area (TPSA) is 73.0 Å². The number of hydrogen-bond donors (Lipinski definition) is 1. The molecular formula is C22H30N4O3. The van der Waals surface area contributed by atoms with E-state index < -0.39 is 0 Å². The molecule has 2 saturated heterocycles. The van der Waals surface area contributed by atoms with Gasteiger partial charge in [0.25, 0.3) is 5.91 Å². The van der Waals surface area contributed by atoms with Gasteiger partial charge in [0.1, 0.15) is 12.6 Å². The number of carbonyl (C=O) groups excluding carboxylic acids is 3. The summed E-state index contributed by atoms with van der Waals surface area (Å²) in [6.07, 6.45) is 6.11. The number of fused-ring (bicyclic) bond motifs is 3. The molecular weight excluding hydrogens is 368 g/mol. The standard InChI is InChI=1S/C22H30N4O3/c1-2-23-20(27)15-26-19-14-16(21(28)24-11-5-3-6-12-24)9-10-17(19)25-13-7-4-8-18(25)22(26)29/h9-10,14,18H,2-8,11-13,15H2,1H3,(H,23,27). The second-order valence-electron chi connectivity index (χ2n) is 8.14. The van der Waals surface area contributed by atoms with Gasteiger partial charge >= 0.3 is 0 Å². The van der Waals surface area contributed by atoms with Crippen LogP contribution in [0.4, 0.5) is 11.4 Å². The summed E-state index contributed by atoms with van der Waals surface area (Å²) in [7, 11) is 0. The maximum atomic E-state index is 13.3. The minimum atomic E-state index is -0.214. The molecule has 0 saturated carbocycles. The first-order valence-electron chi connectivity index (χ1n) is 10.9. The minimum absolute atomic E-state index is 0.00856. The van der Waals surface area contributed by atoms with Gasteiger partial charge in [0.05, 0.1) is 11.4 Å². The number of benzene rings is 1. The van der Waals surface area contributed by atoms with Crippen LogP contribution in [0.1, 0.15) is 55.8 Å². The van der Waals surface area contributed by atoms with Gasteiger partial charge in [-0.25, -0.2) is 0 Å². The summed E-state index contributed by atoms with van der Waals surface area (Å²) in [5.74, 6) is -0.200. The lowest BCUT2D eigenvalue weighted by atomic mass is 9.95. The van der Waals surface area contributed by atoms with Crippen LogP contribution >= 0.6 is 0 Å². The maximum Gasteiger partial charge on any atom is 0.253 e. The van der Waals surface area contributed by atoms with Gasteiger partial charge in [0.15, 0.2) is 0 Å². The highest BCUT2D eigenvalue weighted by atomic mass is 16.2. The summed E-state index contributed by atoms with van der Waals surface area (Å²) >= 11 is 0. The lowest BCUT2D eigenvalue weighted by Gasteiger charge is -2.45. The average Bonchev–Trinajstić information content (AvgIpc) is 2.76. The SMILES string of the molecule is CCNC(=O)CN1C(=O)C2CCCCN2c2ccc(C(=O)N3CCCCC3)cc21. The molecule has 7 nitrogen and oxygen atoms in total. The van der Waals surface area contributed by atoms with Crippen molar-refractivity contribution in [1.29, 1.82) is 0 Å². The number of piperidine rings is 2. The maximum absolute atomic E-state index is 13.3. The Morgan fingerprint density at radius 1 is 1.03 bits per heavy atom. The van der Waals surface area contributed by atoms with Crippen molar-refractivity contribution in [2.75, 3.05) is 42.5 Å². The summed E-state index contributed by atoms with van der Waals surface area (Å²) in [4.78, 5) is 44.2. The molecule has 156 valence electrons. The quantitative estimate of drug-likeness (QED) is 0.844. The van der Waals surface area contributed by atoms with Gasteiger partial charge in [0, 0.05) is 31.7 Å². The number of anilines is 2. The van der Waals surface area contributed by atoms with Crippen LogP contribution in [0.25, 0.3) is 0 Å². The van der Waals surface area contributed by atoms with Crippen LogP contribution in [0.2, 0.25) is 0 Å². The van der Waals surface area contributed by atoms with Crippen molar-refractivity contribution in [2.45, 2.75) is 51.5 Å².